The Morgan fingerprint density at radius 1 is 1.43 bits per heavy atom. The van der Waals surface area contributed by atoms with Crippen molar-refractivity contribution < 1.29 is 18.3 Å². The van der Waals surface area contributed by atoms with E-state index in [4.69, 9.17) is 5.11 Å². The van der Waals surface area contributed by atoms with Gasteiger partial charge in [-0.05, 0) is 23.1 Å². The van der Waals surface area contributed by atoms with Gasteiger partial charge in [0.1, 0.15) is 0 Å². The third-order valence-electron chi connectivity index (χ3n) is 1.60. The van der Waals surface area contributed by atoms with Crippen molar-refractivity contribution in [2.24, 2.45) is 5.92 Å². The molecule has 0 aromatic heterocycles. The molecule has 2 unspecified atom stereocenters. The molecule has 0 aromatic rings. The van der Waals surface area contributed by atoms with Crippen LogP contribution >= 0.6 is 10.8 Å². The zero-order valence-corrected chi connectivity index (χ0v) is 10.2. The summed E-state index contributed by atoms with van der Waals surface area (Å²) in [5, 5.41) is 8.45. The van der Waals surface area contributed by atoms with Crippen LogP contribution in [-0.4, -0.2) is 31.0 Å². The number of hydrogen-bond acceptors (Lipinski definition) is 4. The van der Waals surface area contributed by atoms with Crippen LogP contribution in [0.1, 0.15) is 26.7 Å². The second kappa shape index (κ2) is 5.60. The Morgan fingerprint density at radius 3 is 2.29 bits per heavy atom. The molecule has 2 atom stereocenters. The molecular formula is C8H16O4S2. The Bertz CT molecular complexity index is 284. The molecule has 0 fully saturated rings. The fourth-order valence-electron chi connectivity index (χ4n) is 1.29. The van der Waals surface area contributed by atoms with Gasteiger partial charge in [-0.3, -0.25) is 4.79 Å². The highest BCUT2D eigenvalue weighted by Crippen LogP contribution is 2.24. The number of carboxylic acid groups (broad SMARTS) is 1. The molecule has 0 amide bonds. The SMILES string of the molecule is CC(CC(=O)O)CC(C)SS(C)(=O)=O. The summed E-state index contributed by atoms with van der Waals surface area (Å²) in [7, 11) is -2.14. The quantitative estimate of drug-likeness (QED) is 0.713. The first kappa shape index (κ1) is 13.8. The predicted octanol–water partition coefficient (Wildman–Crippen LogP) is 1.57. The van der Waals surface area contributed by atoms with Crippen LogP contribution in [0.2, 0.25) is 0 Å². The second-order valence-corrected chi connectivity index (χ2v) is 8.35. The molecule has 0 saturated carbocycles. The molecule has 0 radical (unpaired) electrons. The van der Waals surface area contributed by atoms with Crippen LogP contribution in [0.25, 0.3) is 0 Å². The van der Waals surface area contributed by atoms with Crippen molar-refractivity contribution in [2.45, 2.75) is 31.9 Å². The normalized spacial score (nSPS) is 16.2. The summed E-state index contributed by atoms with van der Waals surface area (Å²) in [5.41, 5.74) is 0. The van der Waals surface area contributed by atoms with Gasteiger partial charge in [0, 0.05) is 17.9 Å². The fraction of sp³-hybridized carbons (Fsp3) is 0.875. The molecular weight excluding hydrogens is 224 g/mol. The Labute approximate surface area is 88.4 Å². The molecule has 0 aromatic carbocycles. The van der Waals surface area contributed by atoms with Crippen molar-refractivity contribution in [2.75, 3.05) is 6.26 Å². The summed E-state index contributed by atoms with van der Waals surface area (Å²) < 4.78 is 21.8. The zero-order chi connectivity index (χ0) is 11.4. The van der Waals surface area contributed by atoms with Crippen LogP contribution in [0.4, 0.5) is 0 Å². The maximum Gasteiger partial charge on any atom is 0.303 e. The van der Waals surface area contributed by atoms with Gasteiger partial charge in [-0.2, -0.15) is 0 Å². The molecule has 14 heavy (non-hydrogen) atoms. The lowest BCUT2D eigenvalue weighted by Crippen LogP contribution is -2.11. The maximum absolute atomic E-state index is 10.9. The number of carboxylic acids is 1. The average molecular weight is 240 g/mol. The van der Waals surface area contributed by atoms with Gasteiger partial charge in [-0.15, -0.1) is 0 Å². The summed E-state index contributed by atoms with van der Waals surface area (Å²) in [6.07, 6.45) is 1.86. The average Bonchev–Trinajstić information content (AvgIpc) is 1.77. The molecule has 0 aliphatic carbocycles. The largest absolute Gasteiger partial charge is 0.481 e. The van der Waals surface area contributed by atoms with Crippen LogP contribution < -0.4 is 0 Å². The van der Waals surface area contributed by atoms with Crippen molar-refractivity contribution >= 4 is 25.6 Å². The molecule has 6 heteroatoms. The van der Waals surface area contributed by atoms with E-state index < -0.39 is 14.8 Å². The van der Waals surface area contributed by atoms with E-state index in [2.05, 4.69) is 0 Å². The predicted molar refractivity (Wildman–Crippen MR) is 57.9 cm³/mol. The summed E-state index contributed by atoms with van der Waals surface area (Å²) >= 11 is 0. The van der Waals surface area contributed by atoms with Gasteiger partial charge in [-0.25, -0.2) is 8.42 Å². The number of rotatable bonds is 6. The van der Waals surface area contributed by atoms with Gasteiger partial charge >= 0.3 is 5.97 Å². The molecule has 0 rings (SSSR count). The summed E-state index contributed by atoms with van der Waals surface area (Å²) in [4.78, 5) is 10.4. The Balaban J connectivity index is 3.94. The van der Waals surface area contributed by atoms with Gasteiger partial charge in [0.2, 0.25) is 0 Å². The first-order chi connectivity index (χ1) is 6.20. The van der Waals surface area contributed by atoms with Crippen molar-refractivity contribution in [3.63, 3.8) is 0 Å². The Morgan fingerprint density at radius 2 is 1.93 bits per heavy atom. The smallest absolute Gasteiger partial charge is 0.303 e. The lowest BCUT2D eigenvalue weighted by Gasteiger charge is -2.13. The maximum atomic E-state index is 10.9. The molecule has 0 aliphatic heterocycles. The zero-order valence-electron chi connectivity index (χ0n) is 8.56. The molecule has 0 spiro atoms. The Hall–Kier alpha value is -0.230. The van der Waals surface area contributed by atoms with Crippen molar-refractivity contribution in [1.82, 2.24) is 0 Å². The second-order valence-electron chi connectivity index (χ2n) is 3.55. The highest BCUT2D eigenvalue weighted by atomic mass is 33.1. The van der Waals surface area contributed by atoms with E-state index in [1.807, 2.05) is 6.92 Å². The van der Waals surface area contributed by atoms with Crippen LogP contribution in [-0.2, 0) is 13.7 Å². The van der Waals surface area contributed by atoms with Crippen molar-refractivity contribution in [3.8, 4) is 0 Å². The first-order valence-corrected chi connectivity index (χ1v) is 7.59. The van der Waals surface area contributed by atoms with Crippen molar-refractivity contribution in [1.29, 1.82) is 0 Å². The van der Waals surface area contributed by atoms with Crippen LogP contribution in [0.15, 0.2) is 0 Å². The van der Waals surface area contributed by atoms with E-state index in [1.165, 1.54) is 0 Å². The molecule has 0 heterocycles. The van der Waals surface area contributed by atoms with Crippen LogP contribution in [0.5, 0.6) is 0 Å². The topological polar surface area (TPSA) is 71.4 Å². The van der Waals surface area contributed by atoms with E-state index in [9.17, 15) is 13.2 Å². The van der Waals surface area contributed by atoms with Crippen molar-refractivity contribution in [3.05, 3.63) is 0 Å². The standard InChI is InChI=1S/C8H16O4S2/c1-6(5-8(9)10)4-7(2)13-14(3,11)12/h6-7H,4-5H2,1-3H3,(H,9,10). The molecule has 4 nitrogen and oxygen atoms in total. The molecule has 1 N–H and O–H groups in total. The lowest BCUT2D eigenvalue weighted by molar-refractivity contribution is -0.138. The van der Waals surface area contributed by atoms with Gasteiger partial charge in [-0.1, -0.05) is 13.8 Å². The highest BCUT2D eigenvalue weighted by Gasteiger charge is 2.16. The molecule has 0 bridgehead atoms. The molecule has 84 valence electrons. The van der Waals surface area contributed by atoms with Gasteiger partial charge < -0.3 is 5.11 Å². The lowest BCUT2D eigenvalue weighted by atomic mass is 10.0. The van der Waals surface area contributed by atoms with Crippen LogP contribution in [0.3, 0.4) is 0 Å². The van der Waals surface area contributed by atoms with E-state index in [1.54, 1.807) is 6.92 Å². The van der Waals surface area contributed by atoms with E-state index in [0.717, 1.165) is 17.0 Å². The fourth-order valence-corrected chi connectivity index (χ4v) is 4.32. The van der Waals surface area contributed by atoms with E-state index >= 15 is 0 Å². The minimum Gasteiger partial charge on any atom is -0.481 e. The van der Waals surface area contributed by atoms with E-state index in [0.29, 0.717) is 6.42 Å². The third kappa shape index (κ3) is 8.37. The molecule has 0 saturated heterocycles. The minimum atomic E-state index is -3.03. The first-order valence-electron chi connectivity index (χ1n) is 4.30. The highest BCUT2D eigenvalue weighted by molar-refractivity contribution is 8.72. The summed E-state index contributed by atoms with van der Waals surface area (Å²) in [5.74, 6) is -0.828. The van der Waals surface area contributed by atoms with Crippen LogP contribution in [0, 0.1) is 5.92 Å². The third-order valence-corrected chi connectivity index (χ3v) is 4.50. The van der Waals surface area contributed by atoms with Gasteiger partial charge in [0.15, 0.2) is 8.87 Å². The number of hydrogen-bond donors (Lipinski definition) is 1. The number of aliphatic carboxylic acids is 1. The monoisotopic (exact) mass is 240 g/mol. The van der Waals surface area contributed by atoms with Gasteiger partial charge in [0.05, 0.1) is 0 Å². The summed E-state index contributed by atoms with van der Waals surface area (Å²) in [6, 6.07) is 0. The summed E-state index contributed by atoms with van der Waals surface area (Å²) in [6.45, 7) is 3.61. The molecule has 0 aliphatic rings. The Kier molecular flexibility index (Phi) is 5.51. The van der Waals surface area contributed by atoms with Gasteiger partial charge in [0.25, 0.3) is 0 Å². The van der Waals surface area contributed by atoms with E-state index in [-0.39, 0.29) is 17.6 Å². The minimum absolute atomic E-state index is 0.0109. The number of carbonyl (C=O) groups is 1.